The number of carbonyl (C=O) groups excluding carboxylic acids is 1. The van der Waals surface area contributed by atoms with Crippen LogP contribution in [-0.2, 0) is 21.9 Å². The Labute approximate surface area is 157 Å². The number of benzene rings is 2. The largest absolute Gasteiger partial charge is 0.387 e. The van der Waals surface area contributed by atoms with Crippen molar-refractivity contribution in [2.75, 3.05) is 11.9 Å². The average Bonchev–Trinajstić information content (AvgIpc) is 2.97. The number of hydrogen-bond donors (Lipinski definition) is 3. The van der Waals surface area contributed by atoms with Crippen molar-refractivity contribution in [1.29, 1.82) is 0 Å². The molecule has 27 heavy (non-hydrogen) atoms. The Morgan fingerprint density at radius 1 is 1.15 bits per heavy atom. The smallest absolute Gasteiger partial charge is 0.240 e. The van der Waals surface area contributed by atoms with E-state index in [0.29, 0.717) is 11.3 Å². The lowest BCUT2D eigenvalue weighted by molar-refractivity contribution is -0.114. The molecule has 0 saturated carbocycles. The number of aliphatic hydroxyl groups is 1. The van der Waals surface area contributed by atoms with Gasteiger partial charge in [0.15, 0.2) is 0 Å². The van der Waals surface area contributed by atoms with Crippen LogP contribution in [0.25, 0.3) is 10.9 Å². The molecular formula is C19H21N3O4S. The van der Waals surface area contributed by atoms with Crippen molar-refractivity contribution in [2.24, 2.45) is 7.05 Å². The minimum absolute atomic E-state index is 0.0571. The number of nitrogens with zero attached hydrogens (tertiary/aromatic N) is 1. The van der Waals surface area contributed by atoms with E-state index < -0.39 is 16.1 Å². The fourth-order valence-corrected chi connectivity index (χ4v) is 3.98. The molecule has 7 nitrogen and oxygen atoms in total. The predicted octanol–water partition coefficient (Wildman–Crippen LogP) is 2.15. The van der Waals surface area contributed by atoms with Gasteiger partial charge in [-0.1, -0.05) is 18.2 Å². The summed E-state index contributed by atoms with van der Waals surface area (Å²) >= 11 is 0. The fraction of sp³-hybridized carbons (Fsp3) is 0.211. The first-order valence-electron chi connectivity index (χ1n) is 8.37. The van der Waals surface area contributed by atoms with Crippen molar-refractivity contribution >= 4 is 32.5 Å². The molecule has 1 amide bonds. The number of nitrogens with one attached hydrogen (secondary N) is 2. The van der Waals surface area contributed by atoms with Gasteiger partial charge in [0.25, 0.3) is 0 Å². The topological polar surface area (TPSA) is 100 Å². The standard InChI is InChI=1S/C19H21N3O4S/c1-13(23)21-14-7-9-15(10-8-14)27(25,26)20-11-19(24)17-12-22(2)18-6-4-3-5-16(17)18/h3-10,12,19-20,24H,11H2,1-2H3,(H,21,23)/t19-/m0/s1. The van der Waals surface area contributed by atoms with E-state index in [1.807, 2.05) is 35.9 Å². The van der Waals surface area contributed by atoms with Crippen LogP contribution in [0.4, 0.5) is 5.69 Å². The lowest BCUT2D eigenvalue weighted by Gasteiger charge is -2.12. The first-order valence-corrected chi connectivity index (χ1v) is 9.85. The minimum Gasteiger partial charge on any atom is -0.387 e. The van der Waals surface area contributed by atoms with E-state index in [-0.39, 0.29) is 17.3 Å². The fourth-order valence-electron chi connectivity index (χ4n) is 2.94. The van der Waals surface area contributed by atoms with Gasteiger partial charge in [0, 0.05) is 48.9 Å². The average molecular weight is 387 g/mol. The van der Waals surface area contributed by atoms with Gasteiger partial charge in [-0.2, -0.15) is 0 Å². The second-order valence-electron chi connectivity index (χ2n) is 6.29. The normalized spacial score (nSPS) is 12.9. The zero-order chi connectivity index (χ0) is 19.6. The summed E-state index contributed by atoms with van der Waals surface area (Å²) in [5, 5.41) is 14.0. The third kappa shape index (κ3) is 4.19. The van der Waals surface area contributed by atoms with E-state index in [1.165, 1.54) is 31.2 Å². The molecule has 3 aromatic rings. The summed E-state index contributed by atoms with van der Waals surface area (Å²) in [5.74, 6) is -0.234. The van der Waals surface area contributed by atoms with Gasteiger partial charge in [0.1, 0.15) is 0 Å². The van der Waals surface area contributed by atoms with E-state index in [4.69, 9.17) is 0 Å². The Kier molecular flexibility index (Phi) is 5.31. The Hall–Kier alpha value is -2.68. The highest BCUT2D eigenvalue weighted by Crippen LogP contribution is 2.26. The molecule has 0 fully saturated rings. The number of sulfonamides is 1. The van der Waals surface area contributed by atoms with E-state index >= 15 is 0 Å². The molecule has 0 aliphatic carbocycles. The molecule has 1 atom stereocenters. The molecule has 0 radical (unpaired) electrons. The van der Waals surface area contributed by atoms with Crippen LogP contribution in [0.1, 0.15) is 18.6 Å². The number of hydrogen-bond acceptors (Lipinski definition) is 4. The van der Waals surface area contributed by atoms with Gasteiger partial charge in [0.2, 0.25) is 15.9 Å². The molecule has 0 bridgehead atoms. The SMILES string of the molecule is CC(=O)Nc1ccc(S(=O)(=O)NC[C@H](O)c2cn(C)c3ccccc23)cc1. The van der Waals surface area contributed by atoms with Gasteiger partial charge >= 0.3 is 0 Å². The van der Waals surface area contributed by atoms with Crippen LogP contribution in [-0.4, -0.2) is 30.5 Å². The third-order valence-electron chi connectivity index (χ3n) is 4.24. The number of aromatic nitrogens is 1. The van der Waals surface area contributed by atoms with E-state index in [9.17, 15) is 18.3 Å². The molecule has 3 N–H and O–H groups in total. The van der Waals surface area contributed by atoms with Crippen LogP contribution in [0, 0.1) is 0 Å². The van der Waals surface area contributed by atoms with Crippen LogP contribution in [0.2, 0.25) is 0 Å². The molecule has 8 heteroatoms. The highest BCUT2D eigenvalue weighted by atomic mass is 32.2. The predicted molar refractivity (Wildman–Crippen MR) is 104 cm³/mol. The quantitative estimate of drug-likeness (QED) is 0.603. The van der Waals surface area contributed by atoms with Gasteiger partial charge < -0.3 is 15.0 Å². The maximum Gasteiger partial charge on any atom is 0.240 e. The van der Waals surface area contributed by atoms with Crippen LogP contribution in [0.15, 0.2) is 59.6 Å². The summed E-state index contributed by atoms with van der Waals surface area (Å²) in [6.45, 7) is 1.23. The number of carbonyl (C=O) groups is 1. The van der Waals surface area contributed by atoms with Crippen molar-refractivity contribution in [3.8, 4) is 0 Å². The Balaban J connectivity index is 1.73. The Morgan fingerprint density at radius 2 is 1.81 bits per heavy atom. The van der Waals surface area contributed by atoms with Gasteiger partial charge in [-0.3, -0.25) is 4.79 Å². The monoisotopic (exact) mass is 387 g/mol. The molecule has 1 heterocycles. The Bertz CT molecular complexity index is 1070. The zero-order valence-corrected chi connectivity index (χ0v) is 15.8. The van der Waals surface area contributed by atoms with Crippen LogP contribution in [0.5, 0.6) is 0 Å². The summed E-state index contributed by atoms with van der Waals surface area (Å²) in [7, 11) is -1.91. The minimum atomic E-state index is -3.78. The van der Waals surface area contributed by atoms with Crippen molar-refractivity contribution < 1.29 is 18.3 Å². The number of amides is 1. The molecule has 0 aliphatic heterocycles. The first kappa shape index (κ1) is 19.1. The number of anilines is 1. The van der Waals surface area contributed by atoms with Gasteiger partial charge in [0.05, 0.1) is 11.0 Å². The van der Waals surface area contributed by atoms with Gasteiger partial charge in [-0.05, 0) is 30.3 Å². The first-order chi connectivity index (χ1) is 12.8. The molecule has 2 aromatic carbocycles. The maximum absolute atomic E-state index is 12.5. The molecular weight excluding hydrogens is 366 g/mol. The van der Waals surface area contributed by atoms with Crippen LogP contribution in [0.3, 0.4) is 0 Å². The van der Waals surface area contributed by atoms with Crippen molar-refractivity contribution in [3.05, 3.63) is 60.3 Å². The molecule has 0 unspecified atom stereocenters. The number of aliphatic hydroxyl groups excluding tert-OH is 1. The molecule has 0 saturated heterocycles. The number of para-hydroxylation sites is 1. The van der Waals surface area contributed by atoms with E-state index in [2.05, 4.69) is 10.0 Å². The van der Waals surface area contributed by atoms with E-state index in [1.54, 1.807) is 6.20 Å². The summed E-state index contributed by atoms with van der Waals surface area (Å²) in [6, 6.07) is 13.4. The molecule has 0 aliphatic rings. The second-order valence-corrected chi connectivity index (χ2v) is 8.05. The molecule has 1 aromatic heterocycles. The molecule has 3 rings (SSSR count). The number of aryl methyl sites for hydroxylation is 1. The zero-order valence-electron chi connectivity index (χ0n) is 15.0. The van der Waals surface area contributed by atoms with Gasteiger partial charge in [-0.15, -0.1) is 0 Å². The van der Waals surface area contributed by atoms with E-state index in [0.717, 1.165) is 10.9 Å². The lowest BCUT2D eigenvalue weighted by atomic mass is 10.1. The lowest BCUT2D eigenvalue weighted by Crippen LogP contribution is -2.28. The second kappa shape index (κ2) is 7.51. The molecule has 0 spiro atoms. The highest BCUT2D eigenvalue weighted by Gasteiger charge is 2.19. The summed E-state index contributed by atoms with van der Waals surface area (Å²) in [6.07, 6.45) is 0.816. The summed E-state index contributed by atoms with van der Waals surface area (Å²) in [5.41, 5.74) is 2.14. The van der Waals surface area contributed by atoms with Crippen molar-refractivity contribution in [2.45, 2.75) is 17.9 Å². The van der Waals surface area contributed by atoms with Crippen molar-refractivity contribution in [1.82, 2.24) is 9.29 Å². The van der Waals surface area contributed by atoms with Crippen LogP contribution < -0.4 is 10.0 Å². The Morgan fingerprint density at radius 3 is 2.48 bits per heavy atom. The molecule has 142 valence electrons. The van der Waals surface area contributed by atoms with Crippen LogP contribution >= 0.6 is 0 Å². The number of fused-ring (bicyclic) bond motifs is 1. The summed E-state index contributed by atoms with van der Waals surface area (Å²) < 4.78 is 29.2. The van der Waals surface area contributed by atoms with Gasteiger partial charge in [-0.25, -0.2) is 13.1 Å². The maximum atomic E-state index is 12.5. The van der Waals surface area contributed by atoms with Crippen molar-refractivity contribution in [3.63, 3.8) is 0 Å². The number of rotatable bonds is 6. The highest BCUT2D eigenvalue weighted by molar-refractivity contribution is 7.89. The third-order valence-corrected chi connectivity index (χ3v) is 5.68. The summed E-state index contributed by atoms with van der Waals surface area (Å²) in [4.78, 5) is 11.1.